The quantitative estimate of drug-likeness (QED) is 0.503. The molecule has 1 saturated heterocycles. The maximum absolute atomic E-state index is 10.7. The maximum Gasteiger partial charge on any atom is 0.292 e. The Balaban J connectivity index is 2.18. The van der Waals surface area contributed by atoms with Crippen molar-refractivity contribution in [2.45, 2.75) is 19.4 Å². The van der Waals surface area contributed by atoms with Crippen molar-refractivity contribution in [3.8, 4) is 0 Å². The standard InChI is InChI=1S/C12H17N3O3/c1-2-10-8-14(5-6-18-10)9-3-4-12(15(16)17)11(13)7-9/h3-4,7,10H,2,5-6,8,13H2,1H3. The molecule has 1 aromatic carbocycles. The fraction of sp³-hybridized carbons (Fsp3) is 0.500. The third-order valence-electron chi connectivity index (χ3n) is 3.17. The molecule has 0 saturated carbocycles. The van der Waals surface area contributed by atoms with Crippen molar-refractivity contribution < 1.29 is 9.66 Å². The van der Waals surface area contributed by atoms with E-state index >= 15 is 0 Å². The van der Waals surface area contributed by atoms with E-state index in [0.717, 1.165) is 25.2 Å². The molecule has 1 heterocycles. The summed E-state index contributed by atoms with van der Waals surface area (Å²) in [5.74, 6) is 0. The number of nitro groups is 1. The number of nitro benzene ring substituents is 1. The molecule has 6 nitrogen and oxygen atoms in total. The summed E-state index contributed by atoms with van der Waals surface area (Å²) in [4.78, 5) is 12.4. The van der Waals surface area contributed by atoms with E-state index in [-0.39, 0.29) is 17.5 Å². The Kier molecular flexibility index (Phi) is 3.66. The van der Waals surface area contributed by atoms with E-state index < -0.39 is 4.92 Å². The molecule has 18 heavy (non-hydrogen) atoms. The molecule has 2 rings (SSSR count). The number of rotatable bonds is 3. The molecule has 98 valence electrons. The third kappa shape index (κ3) is 2.53. The van der Waals surface area contributed by atoms with Crippen LogP contribution in [0.15, 0.2) is 18.2 Å². The molecule has 0 amide bonds. The molecule has 1 aliphatic heterocycles. The van der Waals surface area contributed by atoms with Crippen LogP contribution in [0.4, 0.5) is 17.1 Å². The van der Waals surface area contributed by atoms with Gasteiger partial charge < -0.3 is 15.4 Å². The lowest BCUT2D eigenvalue weighted by molar-refractivity contribution is -0.383. The first kappa shape index (κ1) is 12.6. The molecule has 0 bridgehead atoms. The second-order valence-electron chi connectivity index (χ2n) is 4.35. The number of nitrogens with zero attached hydrogens (tertiary/aromatic N) is 2. The monoisotopic (exact) mass is 251 g/mol. The van der Waals surface area contributed by atoms with Gasteiger partial charge in [-0.2, -0.15) is 0 Å². The Morgan fingerprint density at radius 2 is 2.39 bits per heavy atom. The van der Waals surface area contributed by atoms with E-state index in [2.05, 4.69) is 11.8 Å². The molecule has 1 atom stereocenters. The predicted octanol–water partition coefficient (Wildman–Crippen LogP) is 1.79. The summed E-state index contributed by atoms with van der Waals surface area (Å²) in [6, 6.07) is 4.86. The summed E-state index contributed by atoms with van der Waals surface area (Å²) in [6.45, 7) is 4.34. The molecule has 1 aliphatic rings. The predicted molar refractivity (Wildman–Crippen MR) is 69.8 cm³/mol. The third-order valence-corrected chi connectivity index (χ3v) is 3.17. The number of nitrogens with two attached hydrogens (primary N) is 1. The highest BCUT2D eigenvalue weighted by atomic mass is 16.6. The highest BCUT2D eigenvalue weighted by Crippen LogP contribution is 2.28. The molecule has 1 fully saturated rings. The molecule has 6 heteroatoms. The average molecular weight is 251 g/mol. The van der Waals surface area contributed by atoms with Crippen LogP contribution >= 0.6 is 0 Å². The molecule has 1 unspecified atom stereocenters. The Morgan fingerprint density at radius 3 is 3.00 bits per heavy atom. The molecule has 0 aromatic heterocycles. The Morgan fingerprint density at radius 1 is 1.61 bits per heavy atom. The molecule has 2 N–H and O–H groups in total. The first-order chi connectivity index (χ1) is 8.61. The fourth-order valence-electron chi connectivity index (χ4n) is 2.11. The smallest absolute Gasteiger partial charge is 0.292 e. The highest BCUT2D eigenvalue weighted by molar-refractivity contribution is 5.66. The van der Waals surface area contributed by atoms with Crippen molar-refractivity contribution in [1.29, 1.82) is 0 Å². The maximum atomic E-state index is 10.7. The minimum atomic E-state index is -0.465. The van der Waals surface area contributed by atoms with Crippen LogP contribution in [0.3, 0.4) is 0 Å². The molecule has 0 radical (unpaired) electrons. The zero-order valence-corrected chi connectivity index (χ0v) is 10.3. The largest absolute Gasteiger partial charge is 0.393 e. The number of benzene rings is 1. The number of ether oxygens (including phenoxy) is 1. The van der Waals surface area contributed by atoms with Crippen molar-refractivity contribution in [2.24, 2.45) is 0 Å². The van der Waals surface area contributed by atoms with Crippen LogP contribution in [0.1, 0.15) is 13.3 Å². The molecular weight excluding hydrogens is 234 g/mol. The molecule has 0 aliphatic carbocycles. The summed E-state index contributed by atoms with van der Waals surface area (Å²) < 4.78 is 5.59. The zero-order valence-electron chi connectivity index (χ0n) is 10.3. The molecule has 0 spiro atoms. The number of morpholine rings is 1. The second-order valence-corrected chi connectivity index (χ2v) is 4.35. The number of nitrogen functional groups attached to an aromatic ring is 1. The van der Waals surface area contributed by atoms with E-state index in [9.17, 15) is 10.1 Å². The normalized spacial score (nSPS) is 19.8. The Labute approximate surface area is 105 Å². The fourth-order valence-corrected chi connectivity index (χ4v) is 2.11. The van der Waals surface area contributed by atoms with E-state index in [1.807, 2.05) is 0 Å². The number of hydrogen-bond donors (Lipinski definition) is 1. The number of anilines is 2. The van der Waals surface area contributed by atoms with Crippen LogP contribution in [0.2, 0.25) is 0 Å². The SMILES string of the molecule is CCC1CN(c2ccc([N+](=O)[O-])c(N)c2)CCO1. The lowest BCUT2D eigenvalue weighted by Crippen LogP contribution is -2.42. The molecular formula is C12H17N3O3. The van der Waals surface area contributed by atoms with Gasteiger partial charge in [0.1, 0.15) is 5.69 Å². The van der Waals surface area contributed by atoms with E-state index in [4.69, 9.17) is 10.5 Å². The van der Waals surface area contributed by atoms with Gasteiger partial charge in [-0.05, 0) is 18.6 Å². The van der Waals surface area contributed by atoms with E-state index in [1.165, 1.54) is 6.07 Å². The minimum absolute atomic E-state index is 0.0425. The average Bonchev–Trinajstić information content (AvgIpc) is 2.38. The van der Waals surface area contributed by atoms with Crippen molar-refractivity contribution >= 4 is 17.1 Å². The lowest BCUT2D eigenvalue weighted by atomic mass is 10.1. The van der Waals surface area contributed by atoms with Gasteiger partial charge in [-0.15, -0.1) is 0 Å². The summed E-state index contributed by atoms with van der Waals surface area (Å²) in [5.41, 5.74) is 6.78. The van der Waals surface area contributed by atoms with Crippen molar-refractivity contribution in [3.63, 3.8) is 0 Å². The Hall–Kier alpha value is -1.82. The van der Waals surface area contributed by atoms with Crippen molar-refractivity contribution in [1.82, 2.24) is 0 Å². The minimum Gasteiger partial charge on any atom is -0.393 e. The summed E-state index contributed by atoms with van der Waals surface area (Å²) in [5, 5.41) is 10.7. The summed E-state index contributed by atoms with van der Waals surface area (Å²) in [6.07, 6.45) is 1.18. The first-order valence-electron chi connectivity index (χ1n) is 6.02. The van der Waals surface area contributed by atoms with Gasteiger partial charge in [-0.1, -0.05) is 6.92 Å². The van der Waals surface area contributed by atoms with Crippen molar-refractivity contribution in [2.75, 3.05) is 30.3 Å². The van der Waals surface area contributed by atoms with Gasteiger partial charge in [0.15, 0.2) is 0 Å². The first-order valence-corrected chi connectivity index (χ1v) is 6.02. The van der Waals surface area contributed by atoms with Crippen LogP contribution in [-0.2, 0) is 4.74 Å². The second kappa shape index (κ2) is 5.22. The van der Waals surface area contributed by atoms with Gasteiger partial charge in [-0.25, -0.2) is 0 Å². The van der Waals surface area contributed by atoms with E-state index in [0.29, 0.717) is 6.61 Å². The van der Waals surface area contributed by atoms with Crippen LogP contribution < -0.4 is 10.6 Å². The Bertz CT molecular complexity index is 450. The van der Waals surface area contributed by atoms with Crippen LogP contribution in [-0.4, -0.2) is 30.7 Å². The summed E-state index contributed by atoms with van der Waals surface area (Å²) in [7, 11) is 0. The number of hydrogen-bond acceptors (Lipinski definition) is 5. The van der Waals surface area contributed by atoms with Gasteiger partial charge in [0, 0.05) is 24.8 Å². The van der Waals surface area contributed by atoms with Crippen LogP contribution in [0.25, 0.3) is 0 Å². The van der Waals surface area contributed by atoms with Crippen molar-refractivity contribution in [3.05, 3.63) is 28.3 Å². The van der Waals surface area contributed by atoms with Gasteiger partial charge in [0.05, 0.1) is 17.6 Å². The van der Waals surface area contributed by atoms with E-state index in [1.54, 1.807) is 12.1 Å². The lowest BCUT2D eigenvalue weighted by Gasteiger charge is -2.34. The van der Waals surface area contributed by atoms with Gasteiger partial charge in [-0.3, -0.25) is 10.1 Å². The zero-order chi connectivity index (χ0) is 13.1. The van der Waals surface area contributed by atoms with Gasteiger partial charge >= 0.3 is 0 Å². The topological polar surface area (TPSA) is 81.6 Å². The van der Waals surface area contributed by atoms with Gasteiger partial charge in [0.2, 0.25) is 0 Å². The highest BCUT2D eigenvalue weighted by Gasteiger charge is 2.21. The summed E-state index contributed by atoms with van der Waals surface area (Å²) >= 11 is 0. The molecule has 1 aromatic rings. The van der Waals surface area contributed by atoms with Gasteiger partial charge in [0.25, 0.3) is 5.69 Å². The van der Waals surface area contributed by atoms with Crippen LogP contribution in [0, 0.1) is 10.1 Å². The van der Waals surface area contributed by atoms with Crippen LogP contribution in [0.5, 0.6) is 0 Å².